The fraction of sp³-hybridized carbons (Fsp3) is 0.0714. The van der Waals surface area contributed by atoms with Crippen molar-refractivity contribution >= 4 is 23.1 Å². The van der Waals surface area contributed by atoms with Crippen LogP contribution in [0.2, 0.25) is 0 Å². The van der Waals surface area contributed by atoms with Crippen LogP contribution in [0, 0.1) is 17.6 Å². The minimum Gasteiger partial charge on any atom is -0.185 e. The highest BCUT2D eigenvalue weighted by molar-refractivity contribution is 8.03. The average Bonchev–Trinajstić information content (AvgIpc) is 2.40. The molecular weight excluding hydrogens is 242 g/mol. The number of benzene rings is 2. The van der Waals surface area contributed by atoms with Crippen LogP contribution in [0.5, 0.6) is 0 Å². The molecule has 88 valence electrons. The molecule has 0 heterocycles. The van der Waals surface area contributed by atoms with Gasteiger partial charge in [-0.05, 0) is 43.0 Å². The lowest BCUT2D eigenvalue weighted by molar-refractivity contribution is 1.19. The number of thioether (sulfide) groups is 1. The molecule has 0 saturated carbocycles. The second kappa shape index (κ2) is 5.99. The molecule has 0 spiro atoms. The summed E-state index contributed by atoms with van der Waals surface area (Å²) in [4.78, 5) is 0.816. The Kier molecular flexibility index (Phi) is 4.11. The van der Waals surface area contributed by atoms with E-state index in [4.69, 9.17) is 5.26 Å². The molecule has 0 unspecified atom stereocenters. The van der Waals surface area contributed by atoms with Gasteiger partial charge in [-0.25, -0.2) is 0 Å². The summed E-state index contributed by atoms with van der Waals surface area (Å²) < 4.78 is 0. The van der Waals surface area contributed by atoms with E-state index in [0.29, 0.717) is 5.69 Å². The number of rotatable bonds is 3. The standard InChI is InChI=1S/C14H11N3S/c1-11-6-8-12(9-7-11)16-17-13-4-2-3-5-14(13)18-10-15/h2-9H,1H3. The number of hydrogen-bond donors (Lipinski definition) is 0. The van der Waals surface area contributed by atoms with E-state index in [0.717, 1.165) is 22.3 Å². The first-order valence-corrected chi connectivity index (χ1v) is 6.24. The Hall–Kier alpha value is -2.12. The van der Waals surface area contributed by atoms with Crippen molar-refractivity contribution in [3.8, 4) is 5.40 Å². The molecule has 0 aliphatic rings. The van der Waals surface area contributed by atoms with Crippen LogP contribution in [-0.4, -0.2) is 0 Å². The molecule has 0 atom stereocenters. The maximum absolute atomic E-state index is 8.70. The molecule has 0 amide bonds. The number of nitriles is 1. The Morgan fingerprint density at radius 2 is 1.72 bits per heavy atom. The summed E-state index contributed by atoms with van der Waals surface area (Å²) in [5, 5.41) is 19.1. The molecular formula is C14H11N3S. The first-order valence-electron chi connectivity index (χ1n) is 5.43. The van der Waals surface area contributed by atoms with E-state index in [9.17, 15) is 0 Å². The molecule has 18 heavy (non-hydrogen) atoms. The Morgan fingerprint density at radius 1 is 1.00 bits per heavy atom. The first kappa shape index (κ1) is 12.3. The van der Waals surface area contributed by atoms with Crippen molar-refractivity contribution in [1.29, 1.82) is 5.26 Å². The van der Waals surface area contributed by atoms with Gasteiger partial charge in [0.15, 0.2) is 0 Å². The predicted octanol–water partition coefficient (Wildman–Crippen LogP) is 4.98. The van der Waals surface area contributed by atoms with E-state index in [1.807, 2.05) is 60.9 Å². The van der Waals surface area contributed by atoms with Gasteiger partial charge >= 0.3 is 0 Å². The van der Waals surface area contributed by atoms with E-state index in [-0.39, 0.29) is 0 Å². The number of hydrogen-bond acceptors (Lipinski definition) is 4. The third-order valence-electron chi connectivity index (χ3n) is 2.33. The van der Waals surface area contributed by atoms with Gasteiger partial charge in [-0.15, -0.1) is 5.11 Å². The summed E-state index contributed by atoms with van der Waals surface area (Å²) in [6.45, 7) is 2.03. The monoisotopic (exact) mass is 253 g/mol. The SMILES string of the molecule is Cc1ccc(N=Nc2ccccc2SC#N)cc1. The van der Waals surface area contributed by atoms with Crippen LogP contribution in [0.4, 0.5) is 11.4 Å². The van der Waals surface area contributed by atoms with Crippen molar-refractivity contribution in [2.24, 2.45) is 10.2 Å². The van der Waals surface area contributed by atoms with Gasteiger partial charge in [0, 0.05) is 4.90 Å². The molecule has 0 saturated heterocycles. The molecule has 0 aromatic heterocycles. The number of aryl methyl sites for hydroxylation is 1. The van der Waals surface area contributed by atoms with Crippen molar-refractivity contribution in [2.45, 2.75) is 11.8 Å². The number of thiocyanates is 1. The third kappa shape index (κ3) is 3.19. The number of nitrogens with zero attached hydrogens (tertiary/aromatic N) is 3. The van der Waals surface area contributed by atoms with Crippen LogP contribution in [0.15, 0.2) is 63.7 Å². The van der Waals surface area contributed by atoms with Crippen molar-refractivity contribution in [3.63, 3.8) is 0 Å². The predicted molar refractivity (Wildman–Crippen MR) is 73.3 cm³/mol. The number of azo groups is 1. The highest BCUT2D eigenvalue weighted by atomic mass is 32.2. The van der Waals surface area contributed by atoms with Gasteiger partial charge in [-0.2, -0.15) is 10.4 Å². The highest BCUT2D eigenvalue weighted by Gasteiger charge is 2.00. The summed E-state index contributed by atoms with van der Waals surface area (Å²) in [6, 6.07) is 15.3. The molecule has 2 rings (SSSR count). The fourth-order valence-corrected chi connectivity index (χ4v) is 1.86. The van der Waals surface area contributed by atoms with Crippen molar-refractivity contribution < 1.29 is 0 Å². The maximum atomic E-state index is 8.70. The third-order valence-corrected chi connectivity index (χ3v) is 2.98. The van der Waals surface area contributed by atoms with Crippen LogP contribution < -0.4 is 0 Å². The lowest BCUT2D eigenvalue weighted by Crippen LogP contribution is -1.71. The molecule has 2 aromatic carbocycles. The molecule has 0 radical (unpaired) electrons. The molecule has 0 aliphatic carbocycles. The fourth-order valence-electron chi connectivity index (χ4n) is 1.40. The maximum Gasteiger partial charge on any atom is 0.138 e. The molecule has 4 heteroatoms. The minimum atomic E-state index is 0.713. The molecule has 2 aromatic rings. The quantitative estimate of drug-likeness (QED) is 0.440. The summed E-state index contributed by atoms with van der Waals surface area (Å²) in [5.41, 5.74) is 2.70. The van der Waals surface area contributed by atoms with Gasteiger partial charge < -0.3 is 0 Å². The second-order valence-corrected chi connectivity index (χ2v) is 4.52. The van der Waals surface area contributed by atoms with Crippen molar-refractivity contribution in [2.75, 3.05) is 0 Å². The van der Waals surface area contributed by atoms with Gasteiger partial charge in [-0.1, -0.05) is 29.8 Å². The highest BCUT2D eigenvalue weighted by Crippen LogP contribution is 2.29. The van der Waals surface area contributed by atoms with E-state index in [2.05, 4.69) is 10.2 Å². The van der Waals surface area contributed by atoms with E-state index in [1.165, 1.54) is 5.56 Å². The summed E-state index contributed by atoms with van der Waals surface area (Å²) >= 11 is 1.09. The minimum absolute atomic E-state index is 0.713. The average molecular weight is 253 g/mol. The molecule has 0 N–H and O–H groups in total. The van der Waals surface area contributed by atoms with Crippen LogP contribution >= 0.6 is 11.8 Å². The van der Waals surface area contributed by atoms with Crippen molar-refractivity contribution in [1.82, 2.24) is 0 Å². The van der Waals surface area contributed by atoms with Crippen LogP contribution in [0.1, 0.15) is 5.56 Å². The summed E-state index contributed by atoms with van der Waals surface area (Å²) in [5.74, 6) is 0. The van der Waals surface area contributed by atoms with Crippen LogP contribution in [-0.2, 0) is 0 Å². The van der Waals surface area contributed by atoms with Crippen LogP contribution in [0.25, 0.3) is 0 Å². The summed E-state index contributed by atoms with van der Waals surface area (Å²) in [6.07, 6.45) is 0. The Morgan fingerprint density at radius 3 is 2.44 bits per heavy atom. The molecule has 0 fully saturated rings. The zero-order valence-corrected chi connectivity index (χ0v) is 10.7. The lowest BCUT2D eigenvalue weighted by Gasteiger charge is -1.98. The Bertz CT molecular complexity index is 597. The second-order valence-electron chi connectivity index (χ2n) is 3.70. The van der Waals surface area contributed by atoms with Gasteiger partial charge in [0.2, 0.25) is 0 Å². The van der Waals surface area contributed by atoms with Gasteiger partial charge in [0.25, 0.3) is 0 Å². The van der Waals surface area contributed by atoms with Gasteiger partial charge in [-0.3, -0.25) is 0 Å². The van der Waals surface area contributed by atoms with E-state index < -0.39 is 0 Å². The Labute approximate surface area is 110 Å². The van der Waals surface area contributed by atoms with Crippen molar-refractivity contribution in [3.05, 3.63) is 54.1 Å². The van der Waals surface area contributed by atoms with Gasteiger partial charge in [0.1, 0.15) is 11.1 Å². The normalized spacial score (nSPS) is 10.4. The zero-order chi connectivity index (χ0) is 12.8. The summed E-state index contributed by atoms with van der Waals surface area (Å²) in [7, 11) is 0. The Balaban J connectivity index is 2.23. The van der Waals surface area contributed by atoms with Gasteiger partial charge in [0.05, 0.1) is 5.69 Å². The molecule has 0 bridgehead atoms. The van der Waals surface area contributed by atoms with E-state index >= 15 is 0 Å². The zero-order valence-electron chi connectivity index (χ0n) is 9.87. The first-order chi connectivity index (χ1) is 8.79. The largest absolute Gasteiger partial charge is 0.185 e. The van der Waals surface area contributed by atoms with E-state index in [1.54, 1.807) is 0 Å². The van der Waals surface area contributed by atoms with Crippen LogP contribution in [0.3, 0.4) is 0 Å². The lowest BCUT2D eigenvalue weighted by atomic mass is 10.2. The topological polar surface area (TPSA) is 48.5 Å². The smallest absolute Gasteiger partial charge is 0.138 e. The molecule has 0 aliphatic heterocycles. The molecule has 3 nitrogen and oxygen atoms in total.